The van der Waals surface area contributed by atoms with E-state index in [4.69, 9.17) is 9.47 Å². The summed E-state index contributed by atoms with van der Waals surface area (Å²) in [6.07, 6.45) is 9.53. The first-order valence-electron chi connectivity index (χ1n) is 14.0. The minimum Gasteiger partial charge on any atom is -0.489 e. The highest BCUT2D eigenvalue weighted by molar-refractivity contribution is 5.70. The number of carbonyl (C=O) groups is 1. The monoisotopic (exact) mass is 491 g/mol. The third-order valence-electron chi connectivity index (χ3n) is 7.78. The van der Waals surface area contributed by atoms with Crippen LogP contribution in [0.1, 0.15) is 106 Å². The molecule has 2 fully saturated rings. The molecule has 1 heterocycles. The summed E-state index contributed by atoms with van der Waals surface area (Å²) in [6, 6.07) is 15.6. The molecule has 2 aromatic rings. The van der Waals surface area contributed by atoms with Crippen LogP contribution in [0.25, 0.3) is 0 Å². The summed E-state index contributed by atoms with van der Waals surface area (Å²) >= 11 is 0. The normalized spacial score (nSPS) is 18.2. The van der Waals surface area contributed by atoms with Gasteiger partial charge in [0.2, 0.25) is 0 Å². The molecule has 0 radical (unpaired) electrons. The summed E-state index contributed by atoms with van der Waals surface area (Å²) < 4.78 is 11.6. The highest BCUT2D eigenvalue weighted by Crippen LogP contribution is 2.35. The SMILES string of the molecule is Cc1cc(OCc2ccc(C3CCN(CCC(=O)OC(C)(C)C)CC3)cc2)ccc1C1CCCCC1. The molecule has 0 aromatic heterocycles. The molecular weight excluding hydrogens is 446 g/mol. The molecule has 4 nitrogen and oxygen atoms in total. The van der Waals surface area contributed by atoms with Gasteiger partial charge in [0, 0.05) is 6.54 Å². The lowest BCUT2D eigenvalue weighted by atomic mass is 9.82. The van der Waals surface area contributed by atoms with Gasteiger partial charge in [0.1, 0.15) is 18.0 Å². The van der Waals surface area contributed by atoms with Gasteiger partial charge in [-0.3, -0.25) is 4.79 Å². The van der Waals surface area contributed by atoms with Gasteiger partial charge in [-0.25, -0.2) is 0 Å². The Hall–Kier alpha value is -2.33. The number of nitrogens with zero attached hydrogens (tertiary/aromatic N) is 1. The van der Waals surface area contributed by atoms with E-state index in [2.05, 4.69) is 54.3 Å². The van der Waals surface area contributed by atoms with Crippen molar-refractivity contribution in [3.8, 4) is 5.75 Å². The number of carbonyl (C=O) groups excluding carboxylic acids is 1. The smallest absolute Gasteiger partial charge is 0.307 e. The predicted molar refractivity (Wildman–Crippen MR) is 147 cm³/mol. The molecular formula is C32H45NO3. The van der Waals surface area contributed by atoms with Crippen LogP contribution in [-0.2, 0) is 16.1 Å². The highest BCUT2D eigenvalue weighted by atomic mass is 16.6. The maximum atomic E-state index is 12.0. The molecule has 0 bridgehead atoms. The number of rotatable bonds is 8. The van der Waals surface area contributed by atoms with Crippen molar-refractivity contribution in [2.75, 3.05) is 19.6 Å². The van der Waals surface area contributed by atoms with E-state index in [0.29, 0.717) is 18.9 Å². The molecule has 1 saturated heterocycles. The first-order chi connectivity index (χ1) is 17.3. The molecule has 0 atom stereocenters. The number of piperidine rings is 1. The highest BCUT2D eigenvalue weighted by Gasteiger charge is 2.22. The van der Waals surface area contributed by atoms with E-state index in [9.17, 15) is 4.79 Å². The minimum atomic E-state index is -0.403. The number of esters is 1. The van der Waals surface area contributed by atoms with Gasteiger partial charge in [-0.15, -0.1) is 0 Å². The Bertz CT molecular complexity index is 977. The lowest BCUT2D eigenvalue weighted by Gasteiger charge is -2.32. The predicted octanol–water partition coefficient (Wildman–Crippen LogP) is 7.53. The third kappa shape index (κ3) is 7.83. The van der Waals surface area contributed by atoms with Crippen molar-refractivity contribution in [3.63, 3.8) is 0 Å². The average molecular weight is 492 g/mol. The van der Waals surface area contributed by atoms with E-state index in [0.717, 1.165) is 44.1 Å². The first-order valence-corrected chi connectivity index (χ1v) is 14.0. The molecule has 1 aliphatic carbocycles. The number of benzene rings is 2. The zero-order valence-corrected chi connectivity index (χ0v) is 22.9. The number of ether oxygens (including phenoxy) is 2. The quantitative estimate of drug-likeness (QED) is 0.358. The van der Waals surface area contributed by atoms with Crippen molar-refractivity contribution in [3.05, 3.63) is 64.7 Å². The second-order valence-corrected chi connectivity index (χ2v) is 11.8. The van der Waals surface area contributed by atoms with Crippen LogP contribution in [0.5, 0.6) is 5.75 Å². The van der Waals surface area contributed by atoms with Gasteiger partial charge in [-0.2, -0.15) is 0 Å². The first kappa shape index (κ1) is 26.7. The number of hydrogen-bond donors (Lipinski definition) is 0. The molecule has 4 heteroatoms. The van der Waals surface area contributed by atoms with Crippen molar-refractivity contribution in [2.45, 2.75) is 103 Å². The van der Waals surface area contributed by atoms with Gasteiger partial charge in [0.15, 0.2) is 0 Å². The van der Waals surface area contributed by atoms with Crippen LogP contribution < -0.4 is 4.74 Å². The number of likely N-dealkylation sites (tertiary alicyclic amines) is 1. The van der Waals surface area contributed by atoms with Crippen molar-refractivity contribution >= 4 is 5.97 Å². The van der Waals surface area contributed by atoms with Crippen LogP contribution in [-0.4, -0.2) is 36.1 Å². The van der Waals surface area contributed by atoms with Crippen LogP contribution in [0.4, 0.5) is 0 Å². The van der Waals surface area contributed by atoms with Gasteiger partial charge in [-0.1, -0.05) is 49.6 Å². The van der Waals surface area contributed by atoms with Crippen molar-refractivity contribution in [2.24, 2.45) is 0 Å². The second-order valence-electron chi connectivity index (χ2n) is 11.8. The van der Waals surface area contributed by atoms with Crippen molar-refractivity contribution in [1.29, 1.82) is 0 Å². The van der Waals surface area contributed by atoms with E-state index < -0.39 is 5.60 Å². The lowest BCUT2D eigenvalue weighted by Crippen LogP contribution is -2.35. The molecule has 0 N–H and O–H groups in total. The number of aryl methyl sites for hydroxylation is 1. The molecule has 2 aromatic carbocycles. The lowest BCUT2D eigenvalue weighted by molar-refractivity contribution is -0.155. The molecule has 0 amide bonds. The summed E-state index contributed by atoms with van der Waals surface area (Å²) in [5.41, 5.74) is 5.11. The van der Waals surface area contributed by atoms with Crippen molar-refractivity contribution < 1.29 is 14.3 Å². The Morgan fingerprint density at radius 2 is 1.61 bits per heavy atom. The van der Waals surface area contributed by atoms with Crippen LogP contribution in [0.15, 0.2) is 42.5 Å². The van der Waals surface area contributed by atoms with Gasteiger partial charge in [0.05, 0.1) is 6.42 Å². The Labute approximate surface area is 218 Å². The Kier molecular flexibility index (Phi) is 9.11. The fraction of sp³-hybridized carbons (Fsp3) is 0.594. The standard InChI is InChI=1S/C32H45NO3/c1-24-22-29(14-15-30(24)28-8-6-5-7-9-28)35-23-25-10-12-26(13-11-25)27-16-19-33(20-17-27)21-18-31(34)36-32(2,3)4/h10-15,22,27-28H,5-9,16-21,23H2,1-4H3. The van der Waals surface area contributed by atoms with E-state index >= 15 is 0 Å². The Morgan fingerprint density at radius 3 is 2.25 bits per heavy atom. The van der Waals surface area contributed by atoms with Crippen LogP contribution in [0, 0.1) is 6.92 Å². The van der Waals surface area contributed by atoms with Gasteiger partial charge in [0.25, 0.3) is 0 Å². The summed E-state index contributed by atoms with van der Waals surface area (Å²) in [4.78, 5) is 14.4. The van der Waals surface area contributed by atoms with Crippen LogP contribution in [0.2, 0.25) is 0 Å². The molecule has 2 aliphatic rings. The molecule has 0 spiro atoms. The van der Waals surface area contributed by atoms with Gasteiger partial charge >= 0.3 is 5.97 Å². The molecule has 0 unspecified atom stereocenters. The fourth-order valence-electron chi connectivity index (χ4n) is 5.79. The maximum absolute atomic E-state index is 12.0. The zero-order valence-electron chi connectivity index (χ0n) is 22.9. The summed E-state index contributed by atoms with van der Waals surface area (Å²) in [5.74, 6) is 2.19. The third-order valence-corrected chi connectivity index (χ3v) is 7.78. The number of hydrogen-bond acceptors (Lipinski definition) is 4. The van der Waals surface area contributed by atoms with E-state index in [1.54, 1.807) is 0 Å². The van der Waals surface area contributed by atoms with Gasteiger partial charge < -0.3 is 14.4 Å². The molecule has 196 valence electrons. The van der Waals surface area contributed by atoms with E-state index in [1.807, 2.05) is 20.8 Å². The second kappa shape index (κ2) is 12.3. The summed E-state index contributed by atoms with van der Waals surface area (Å²) in [6.45, 7) is 11.5. The topological polar surface area (TPSA) is 38.8 Å². The van der Waals surface area contributed by atoms with Crippen LogP contribution in [0.3, 0.4) is 0 Å². The minimum absolute atomic E-state index is 0.0993. The zero-order chi connectivity index (χ0) is 25.5. The summed E-state index contributed by atoms with van der Waals surface area (Å²) in [7, 11) is 0. The fourth-order valence-corrected chi connectivity index (χ4v) is 5.79. The Balaban J connectivity index is 1.21. The largest absolute Gasteiger partial charge is 0.489 e. The molecule has 1 saturated carbocycles. The Morgan fingerprint density at radius 1 is 0.917 bits per heavy atom. The molecule has 4 rings (SSSR count). The maximum Gasteiger partial charge on any atom is 0.307 e. The van der Waals surface area contributed by atoms with Crippen LogP contribution >= 0.6 is 0 Å². The van der Waals surface area contributed by atoms with Gasteiger partial charge in [-0.05, 0) is 113 Å². The van der Waals surface area contributed by atoms with Crippen molar-refractivity contribution in [1.82, 2.24) is 4.90 Å². The molecule has 36 heavy (non-hydrogen) atoms. The average Bonchev–Trinajstić information content (AvgIpc) is 2.86. The molecule has 1 aliphatic heterocycles. The summed E-state index contributed by atoms with van der Waals surface area (Å²) in [5, 5.41) is 0. The van der Waals surface area contributed by atoms with E-state index in [-0.39, 0.29) is 5.97 Å². The van der Waals surface area contributed by atoms with E-state index in [1.165, 1.54) is 54.4 Å².